The number of hydrogen-bond acceptors (Lipinski definition) is 3. The van der Waals surface area contributed by atoms with E-state index in [4.69, 9.17) is 15.0 Å². The minimum absolute atomic E-state index is 1.00. The lowest BCUT2D eigenvalue weighted by molar-refractivity contribution is 0.399. The quantitative estimate of drug-likeness (QED) is 0.419. The lowest BCUT2D eigenvalue weighted by atomic mass is 11.8. The molecule has 0 aromatic rings. The van der Waals surface area contributed by atoms with Gasteiger partial charge < -0.3 is 5.11 Å². The third-order valence-electron chi connectivity index (χ3n) is 0. The maximum Gasteiger partial charge on any atom is 0.0319 e. The SMILES string of the molecule is CO.O=O. The van der Waals surface area contributed by atoms with Crippen LogP contribution in [0.25, 0.3) is 0 Å². The van der Waals surface area contributed by atoms with Gasteiger partial charge in [0.05, 0.1) is 0 Å². The smallest absolute Gasteiger partial charge is 0.0319 e. The Balaban J connectivity index is 0. The van der Waals surface area contributed by atoms with Crippen LogP contribution < -0.4 is 0 Å². The molecule has 0 aliphatic carbocycles. The van der Waals surface area contributed by atoms with Crippen molar-refractivity contribution in [2.45, 2.75) is 0 Å². The molecule has 0 heterocycles. The van der Waals surface area contributed by atoms with Crippen LogP contribution in [0.4, 0.5) is 0 Å². The number of aliphatic hydroxyl groups excluding tert-OH is 1. The van der Waals surface area contributed by atoms with E-state index >= 15 is 0 Å². The standard InChI is InChI=1S/CH4O.O2/c2*1-2/h2H,1H3;. The van der Waals surface area contributed by atoms with Gasteiger partial charge in [-0.1, -0.05) is 0 Å². The van der Waals surface area contributed by atoms with Crippen molar-refractivity contribution in [1.82, 2.24) is 0 Å². The van der Waals surface area contributed by atoms with E-state index in [0.29, 0.717) is 0 Å². The first-order chi connectivity index (χ1) is 2.00. The fourth-order valence-corrected chi connectivity index (χ4v) is 0. The Morgan fingerprint density at radius 3 is 1.25 bits per heavy atom. The van der Waals surface area contributed by atoms with E-state index in [-0.39, 0.29) is 0 Å². The van der Waals surface area contributed by atoms with Gasteiger partial charge in [-0.05, 0) is 0 Å². The summed E-state index contributed by atoms with van der Waals surface area (Å²) in [6, 6.07) is 0. The molecule has 0 bridgehead atoms. The highest BCUT2D eigenvalue weighted by Crippen LogP contribution is 0.755. The monoisotopic (exact) mass is 64.0 g/mol. The molecule has 0 atom stereocenters. The second kappa shape index (κ2) is 32.2. The van der Waals surface area contributed by atoms with Crippen molar-refractivity contribution in [2.75, 3.05) is 7.11 Å². The van der Waals surface area contributed by atoms with Gasteiger partial charge in [0, 0.05) is 17.0 Å². The van der Waals surface area contributed by atoms with Gasteiger partial charge in [-0.25, -0.2) is 0 Å². The maximum absolute atomic E-state index is 7.00. The Kier molecular flexibility index (Phi) is 77.1. The van der Waals surface area contributed by atoms with Gasteiger partial charge in [0.25, 0.3) is 0 Å². The van der Waals surface area contributed by atoms with Gasteiger partial charge in [0.1, 0.15) is 0 Å². The normalized spacial score (nSPS) is 2.50. The van der Waals surface area contributed by atoms with E-state index in [1.807, 2.05) is 0 Å². The van der Waals surface area contributed by atoms with E-state index in [1.54, 1.807) is 0 Å². The molecule has 26 valence electrons. The third-order valence-corrected chi connectivity index (χ3v) is 0. The van der Waals surface area contributed by atoms with E-state index in [1.165, 1.54) is 0 Å². The van der Waals surface area contributed by atoms with E-state index in [9.17, 15) is 0 Å². The summed E-state index contributed by atoms with van der Waals surface area (Å²) >= 11 is 0. The Morgan fingerprint density at radius 2 is 1.25 bits per heavy atom. The Labute approximate surface area is 23.5 Å². The highest BCUT2D eigenvalue weighted by atomic mass is 16.7. The van der Waals surface area contributed by atoms with Gasteiger partial charge in [0.2, 0.25) is 0 Å². The summed E-state index contributed by atoms with van der Waals surface area (Å²) < 4.78 is 0. The van der Waals surface area contributed by atoms with Gasteiger partial charge in [-0.15, -0.1) is 0 Å². The Bertz CT molecular complexity index is 3.25. The average Bonchev–Trinajstić information content (AvgIpc) is 1.50. The predicted molar refractivity (Wildman–Crippen MR) is 14.9 cm³/mol. The van der Waals surface area contributed by atoms with Gasteiger partial charge >= 0.3 is 0 Å². The van der Waals surface area contributed by atoms with Crippen LogP contribution in [0.1, 0.15) is 0 Å². The summed E-state index contributed by atoms with van der Waals surface area (Å²) in [6.07, 6.45) is 0. The maximum atomic E-state index is 7.00. The van der Waals surface area contributed by atoms with Crippen LogP contribution in [0.2, 0.25) is 0 Å². The fourth-order valence-electron chi connectivity index (χ4n) is 0. The molecule has 0 aliphatic heterocycles. The van der Waals surface area contributed by atoms with Crippen LogP contribution in [0.15, 0.2) is 0 Å². The molecule has 4 heavy (non-hydrogen) atoms. The molecule has 0 rings (SSSR count). The van der Waals surface area contributed by atoms with Crippen LogP contribution in [-0.2, 0) is 0 Å². The summed E-state index contributed by atoms with van der Waals surface area (Å²) in [6.45, 7) is 0. The molecule has 0 amide bonds. The lowest BCUT2D eigenvalue weighted by Crippen LogP contribution is -1.25. The highest BCUT2D eigenvalue weighted by molar-refractivity contribution is 4.07. The molecule has 0 saturated heterocycles. The molecule has 0 spiro atoms. The molecule has 1 N–H and O–H groups in total. The largest absolute Gasteiger partial charge is 0.400 e. The first-order valence-corrected chi connectivity index (χ1v) is 0.614. The van der Waals surface area contributed by atoms with Crippen molar-refractivity contribution >= 4 is 0 Å². The van der Waals surface area contributed by atoms with Crippen LogP contribution in [0.3, 0.4) is 0 Å². The first-order valence-electron chi connectivity index (χ1n) is 0.614. The van der Waals surface area contributed by atoms with Crippen molar-refractivity contribution in [1.29, 1.82) is 0 Å². The fraction of sp³-hybridized carbons (Fsp3) is 1.00. The zero-order chi connectivity index (χ0) is 4.00. The molecule has 0 saturated carbocycles. The van der Waals surface area contributed by atoms with Crippen LogP contribution >= 0.6 is 0 Å². The molecule has 0 aromatic carbocycles. The summed E-state index contributed by atoms with van der Waals surface area (Å²) in [5.41, 5.74) is 0. The van der Waals surface area contributed by atoms with Crippen molar-refractivity contribution in [3.8, 4) is 0 Å². The second-order valence-corrected chi connectivity index (χ2v) is 0. The molecule has 0 unspecified atom stereocenters. The van der Waals surface area contributed by atoms with Crippen molar-refractivity contribution in [3.05, 3.63) is 9.93 Å². The summed E-state index contributed by atoms with van der Waals surface area (Å²) in [4.78, 5) is 14.0. The molecule has 0 aromatic heterocycles. The topological polar surface area (TPSA) is 54.4 Å². The average molecular weight is 64.0 g/mol. The predicted octanol–water partition coefficient (Wildman–Crippen LogP) is -0.325. The minimum atomic E-state index is 1.00. The molecule has 3 nitrogen and oxygen atoms in total. The van der Waals surface area contributed by atoms with E-state index in [2.05, 4.69) is 0 Å². The number of aliphatic hydroxyl groups is 1. The molecule has 0 aliphatic rings. The zero-order valence-electron chi connectivity index (χ0n) is 2.26. The highest BCUT2D eigenvalue weighted by Gasteiger charge is 0.839. The van der Waals surface area contributed by atoms with Crippen LogP contribution in [-0.4, -0.2) is 12.2 Å². The third kappa shape index (κ3) is 2.53. The van der Waals surface area contributed by atoms with Gasteiger partial charge in [-0.2, -0.15) is 0 Å². The van der Waals surface area contributed by atoms with Gasteiger partial charge in [-0.3, -0.25) is 0 Å². The lowest BCUT2D eigenvalue weighted by Gasteiger charge is -1.21. The molecule has 0 fully saturated rings. The summed E-state index contributed by atoms with van der Waals surface area (Å²) in [7, 11) is 1.00. The first kappa shape index (κ1) is 9.59. The molecule has 0 radical (unpaired) electrons. The minimum Gasteiger partial charge on any atom is -0.400 e. The Morgan fingerprint density at radius 1 is 1.25 bits per heavy atom. The van der Waals surface area contributed by atoms with Crippen LogP contribution in [0.5, 0.6) is 0 Å². The molecular formula is CH4O3. The molecule has 3 heteroatoms. The molecular weight excluding hydrogens is 60.0 g/mol. The van der Waals surface area contributed by atoms with Gasteiger partial charge in [0.15, 0.2) is 0 Å². The summed E-state index contributed by atoms with van der Waals surface area (Å²) in [5, 5.41) is 7.00. The summed E-state index contributed by atoms with van der Waals surface area (Å²) in [5.74, 6) is 0. The van der Waals surface area contributed by atoms with Crippen LogP contribution in [0, 0.1) is 9.93 Å². The van der Waals surface area contributed by atoms with Crippen molar-refractivity contribution < 1.29 is 5.11 Å². The number of hydrogen-bond donors (Lipinski definition) is 1. The van der Waals surface area contributed by atoms with Crippen molar-refractivity contribution in [3.63, 3.8) is 0 Å². The van der Waals surface area contributed by atoms with E-state index in [0.717, 1.165) is 7.11 Å². The second-order valence-electron chi connectivity index (χ2n) is 0. The Hall–Kier alpha value is -0.440. The number of rotatable bonds is 0. The van der Waals surface area contributed by atoms with Crippen molar-refractivity contribution in [2.24, 2.45) is 0 Å². The van der Waals surface area contributed by atoms with E-state index < -0.39 is 0 Å². The zero-order valence-corrected chi connectivity index (χ0v) is 2.26.